The molecular formula is C13H20ClNO4. The van der Waals surface area contributed by atoms with E-state index in [9.17, 15) is 4.79 Å². The van der Waals surface area contributed by atoms with Crippen LogP contribution in [-0.2, 0) is 17.6 Å². The minimum absolute atomic E-state index is 0. The fraction of sp³-hybridized carbons (Fsp3) is 0.462. The summed E-state index contributed by atoms with van der Waals surface area (Å²) in [4.78, 5) is 10.5. The van der Waals surface area contributed by atoms with Gasteiger partial charge in [-0.05, 0) is 24.0 Å². The number of nitrogens with two attached hydrogens (primary N) is 1. The number of aliphatic carboxylic acids is 1. The van der Waals surface area contributed by atoms with Gasteiger partial charge >= 0.3 is 5.97 Å². The van der Waals surface area contributed by atoms with Gasteiger partial charge in [-0.2, -0.15) is 0 Å². The zero-order valence-electron chi connectivity index (χ0n) is 10.6. The molecule has 0 bridgehead atoms. The Morgan fingerprint density at radius 3 is 2.00 bits per heavy atom. The summed E-state index contributed by atoms with van der Waals surface area (Å²) in [6, 6.07) is 7.21. The van der Waals surface area contributed by atoms with Crippen molar-refractivity contribution in [1.29, 1.82) is 0 Å². The third-order valence-electron chi connectivity index (χ3n) is 2.92. The molecule has 0 fully saturated rings. The lowest BCUT2D eigenvalue weighted by Crippen LogP contribution is -2.47. The van der Waals surface area contributed by atoms with E-state index < -0.39 is 11.5 Å². The minimum Gasteiger partial charge on any atom is -0.481 e. The van der Waals surface area contributed by atoms with E-state index in [-0.39, 0.29) is 32.0 Å². The van der Waals surface area contributed by atoms with Gasteiger partial charge in [0.05, 0.1) is 25.2 Å². The highest BCUT2D eigenvalue weighted by atomic mass is 35.5. The fourth-order valence-corrected chi connectivity index (χ4v) is 1.60. The van der Waals surface area contributed by atoms with Crippen LogP contribution in [0, 0.1) is 0 Å². The molecule has 5 N–H and O–H groups in total. The molecule has 0 unspecified atom stereocenters. The topological polar surface area (TPSA) is 104 Å². The molecule has 0 saturated heterocycles. The predicted octanol–water partition coefficient (Wildman–Crippen LogP) is 0.350. The first-order valence-corrected chi connectivity index (χ1v) is 5.79. The van der Waals surface area contributed by atoms with E-state index in [4.69, 9.17) is 21.1 Å². The Bertz CT molecular complexity index is 390. The summed E-state index contributed by atoms with van der Waals surface area (Å²) in [5.74, 6) is -0.857. The van der Waals surface area contributed by atoms with E-state index in [1.807, 2.05) is 12.1 Å². The summed E-state index contributed by atoms with van der Waals surface area (Å²) >= 11 is 0. The number of aliphatic hydroxyl groups excluding tert-OH is 2. The van der Waals surface area contributed by atoms with E-state index in [0.29, 0.717) is 12.8 Å². The summed E-state index contributed by atoms with van der Waals surface area (Å²) in [5.41, 5.74) is 6.55. The molecule has 0 saturated carbocycles. The Morgan fingerprint density at radius 1 is 1.11 bits per heavy atom. The van der Waals surface area contributed by atoms with E-state index in [0.717, 1.165) is 11.1 Å². The van der Waals surface area contributed by atoms with Crippen molar-refractivity contribution in [2.24, 2.45) is 5.73 Å². The highest BCUT2D eigenvalue weighted by molar-refractivity contribution is 5.85. The number of benzene rings is 1. The van der Waals surface area contributed by atoms with E-state index in [1.165, 1.54) is 0 Å². The van der Waals surface area contributed by atoms with Crippen LogP contribution < -0.4 is 5.73 Å². The van der Waals surface area contributed by atoms with Crippen molar-refractivity contribution in [2.45, 2.75) is 24.8 Å². The van der Waals surface area contributed by atoms with Gasteiger partial charge in [-0.15, -0.1) is 12.4 Å². The molecule has 19 heavy (non-hydrogen) atoms. The van der Waals surface area contributed by atoms with E-state index in [2.05, 4.69) is 0 Å². The van der Waals surface area contributed by atoms with Crippen LogP contribution in [0.25, 0.3) is 0 Å². The molecule has 0 aliphatic rings. The van der Waals surface area contributed by atoms with Gasteiger partial charge in [0.15, 0.2) is 0 Å². The monoisotopic (exact) mass is 289 g/mol. The molecule has 0 aromatic heterocycles. The van der Waals surface area contributed by atoms with Crippen molar-refractivity contribution in [3.8, 4) is 0 Å². The Kier molecular flexibility index (Phi) is 7.63. The average Bonchev–Trinajstić information content (AvgIpc) is 2.37. The minimum atomic E-state index is -0.959. The maximum Gasteiger partial charge on any atom is 0.307 e. The maximum absolute atomic E-state index is 10.5. The second kappa shape index (κ2) is 8.12. The standard InChI is InChI=1S/C13H19NO4.ClH/c14-13(8-15,9-16)6-5-10-1-3-11(4-2-10)7-12(17)18;/h1-4,15-16H,5-9,14H2,(H,17,18);1H. The molecule has 1 aromatic carbocycles. The Hall–Kier alpha value is -1.14. The van der Waals surface area contributed by atoms with Crippen LogP contribution in [0.2, 0.25) is 0 Å². The number of halogens is 1. The van der Waals surface area contributed by atoms with E-state index in [1.54, 1.807) is 12.1 Å². The third kappa shape index (κ3) is 6.02. The SMILES string of the molecule is Cl.NC(CO)(CO)CCc1ccc(CC(=O)O)cc1. The molecule has 0 amide bonds. The van der Waals surface area contributed by atoms with Crippen LogP contribution >= 0.6 is 12.4 Å². The van der Waals surface area contributed by atoms with Crippen LogP contribution in [0.15, 0.2) is 24.3 Å². The first-order chi connectivity index (χ1) is 8.49. The first kappa shape index (κ1) is 17.9. The summed E-state index contributed by atoms with van der Waals surface area (Å²) in [5, 5.41) is 26.8. The van der Waals surface area contributed by atoms with Crippen LogP contribution in [-0.4, -0.2) is 40.0 Å². The number of hydrogen-bond acceptors (Lipinski definition) is 4. The third-order valence-corrected chi connectivity index (χ3v) is 2.92. The maximum atomic E-state index is 10.5. The number of rotatable bonds is 7. The van der Waals surface area contributed by atoms with Gasteiger partial charge in [-0.25, -0.2) is 0 Å². The molecule has 5 nitrogen and oxygen atoms in total. The molecule has 108 valence electrons. The van der Waals surface area contributed by atoms with E-state index >= 15 is 0 Å². The predicted molar refractivity (Wildman–Crippen MR) is 74.4 cm³/mol. The molecule has 1 rings (SSSR count). The van der Waals surface area contributed by atoms with Crippen molar-refractivity contribution in [3.05, 3.63) is 35.4 Å². The summed E-state index contributed by atoms with van der Waals surface area (Å²) < 4.78 is 0. The highest BCUT2D eigenvalue weighted by Gasteiger charge is 2.22. The number of carboxylic acids is 1. The lowest BCUT2D eigenvalue weighted by atomic mass is 9.93. The summed E-state index contributed by atoms with van der Waals surface area (Å²) in [6.45, 7) is -0.527. The van der Waals surface area contributed by atoms with Gasteiger partial charge in [0, 0.05) is 0 Å². The van der Waals surface area contributed by atoms with Crippen molar-refractivity contribution in [1.82, 2.24) is 0 Å². The number of hydrogen-bond donors (Lipinski definition) is 4. The van der Waals surface area contributed by atoms with Crippen LogP contribution in [0.4, 0.5) is 0 Å². The number of carbonyl (C=O) groups is 1. The zero-order chi connectivity index (χ0) is 13.6. The van der Waals surface area contributed by atoms with Crippen LogP contribution in [0.1, 0.15) is 17.5 Å². The van der Waals surface area contributed by atoms with Crippen molar-refractivity contribution in [2.75, 3.05) is 13.2 Å². The lowest BCUT2D eigenvalue weighted by Gasteiger charge is -2.24. The molecule has 0 heterocycles. The molecule has 1 aromatic rings. The largest absolute Gasteiger partial charge is 0.481 e. The van der Waals surface area contributed by atoms with Crippen LogP contribution in [0.3, 0.4) is 0 Å². The molecule has 0 atom stereocenters. The Labute approximate surface area is 118 Å². The van der Waals surface area contributed by atoms with Crippen molar-refractivity contribution >= 4 is 18.4 Å². The van der Waals surface area contributed by atoms with Gasteiger partial charge in [0.1, 0.15) is 0 Å². The number of aliphatic hydroxyl groups is 2. The van der Waals surface area contributed by atoms with Gasteiger partial charge in [-0.1, -0.05) is 24.3 Å². The average molecular weight is 290 g/mol. The smallest absolute Gasteiger partial charge is 0.307 e. The highest BCUT2D eigenvalue weighted by Crippen LogP contribution is 2.13. The lowest BCUT2D eigenvalue weighted by molar-refractivity contribution is -0.136. The number of aryl methyl sites for hydroxylation is 1. The second-order valence-corrected chi connectivity index (χ2v) is 4.57. The first-order valence-electron chi connectivity index (χ1n) is 5.79. The molecule has 0 aliphatic heterocycles. The van der Waals surface area contributed by atoms with Crippen molar-refractivity contribution in [3.63, 3.8) is 0 Å². The molecule has 0 spiro atoms. The Morgan fingerprint density at radius 2 is 1.58 bits per heavy atom. The molecule has 0 aliphatic carbocycles. The van der Waals surface area contributed by atoms with Crippen molar-refractivity contribution < 1.29 is 20.1 Å². The molecular weight excluding hydrogens is 270 g/mol. The number of carboxylic acid groups (broad SMARTS) is 1. The van der Waals surface area contributed by atoms with Gasteiger partial charge in [0.2, 0.25) is 0 Å². The normalized spacial score (nSPS) is 10.9. The van der Waals surface area contributed by atoms with Gasteiger partial charge < -0.3 is 21.1 Å². The van der Waals surface area contributed by atoms with Gasteiger partial charge in [-0.3, -0.25) is 4.79 Å². The molecule has 6 heteroatoms. The quantitative estimate of drug-likeness (QED) is 0.580. The van der Waals surface area contributed by atoms with Crippen LogP contribution in [0.5, 0.6) is 0 Å². The summed E-state index contributed by atoms with van der Waals surface area (Å²) in [7, 11) is 0. The zero-order valence-corrected chi connectivity index (χ0v) is 11.4. The second-order valence-electron chi connectivity index (χ2n) is 4.57. The Balaban J connectivity index is 0.00000324. The summed E-state index contributed by atoms with van der Waals surface area (Å²) in [6.07, 6.45) is 1.11. The fourth-order valence-electron chi connectivity index (χ4n) is 1.60. The van der Waals surface area contributed by atoms with Gasteiger partial charge in [0.25, 0.3) is 0 Å². The molecule has 0 radical (unpaired) electrons.